The number of unbranched alkanes of at least 4 members (excludes halogenated alkanes) is 10. The average Bonchev–Trinajstić information content (AvgIpc) is 3.16. The maximum Gasteiger partial charge on any atom is 0.339 e. The fourth-order valence-electron chi connectivity index (χ4n) is 5.90. The Morgan fingerprint density at radius 1 is 0.442 bits per heavy atom. The first-order chi connectivity index (χ1) is 25.2. The second-order valence-corrected chi connectivity index (χ2v) is 14.3. The highest BCUT2D eigenvalue weighted by Gasteiger charge is 2.24. The van der Waals surface area contributed by atoms with Crippen LogP contribution < -0.4 is 0 Å². The van der Waals surface area contributed by atoms with Gasteiger partial charge >= 0.3 is 23.9 Å². The van der Waals surface area contributed by atoms with Crippen LogP contribution in [-0.4, -0.2) is 50.3 Å². The fourth-order valence-corrected chi connectivity index (χ4v) is 5.90. The second kappa shape index (κ2) is 26.1. The summed E-state index contributed by atoms with van der Waals surface area (Å²) in [6.45, 7) is 13.6. The molecule has 0 fully saturated rings. The fraction of sp³-hybridized carbons (Fsp3) is 0.636. The summed E-state index contributed by atoms with van der Waals surface area (Å²) in [5.74, 6) is -1.99. The van der Waals surface area contributed by atoms with E-state index in [-0.39, 0.29) is 60.5 Å². The van der Waals surface area contributed by atoms with Crippen LogP contribution in [0.2, 0.25) is 0 Å². The SMILES string of the molecule is CCCCCCCOC(=O)c1cc(-c2ccc(C(=O)OCC(C)CCCC)c(C(=O)OCCCCCCC)c2)ccc1C(=O)OCC(C)CCCC. The zero-order valence-corrected chi connectivity index (χ0v) is 33.0. The van der Waals surface area contributed by atoms with Gasteiger partial charge in [0.2, 0.25) is 0 Å². The molecular weight excluding hydrogens is 656 g/mol. The third-order valence-electron chi connectivity index (χ3n) is 9.31. The molecule has 0 aliphatic heterocycles. The van der Waals surface area contributed by atoms with E-state index >= 15 is 0 Å². The maximum absolute atomic E-state index is 13.5. The average molecular weight is 723 g/mol. The molecule has 8 heteroatoms. The lowest BCUT2D eigenvalue weighted by Crippen LogP contribution is -2.18. The highest BCUT2D eigenvalue weighted by atomic mass is 16.5. The van der Waals surface area contributed by atoms with Gasteiger partial charge in [0.05, 0.1) is 48.7 Å². The monoisotopic (exact) mass is 722 g/mol. The largest absolute Gasteiger partial charge is 0.462 e. The van der Waals surface area contributed by atoms with Crippen molar-refractivity contribution in [1.29, 1.82) is 0 Å². The van der Waals surface area contributed by atoms with Gasteiger partial charge in [-0.1, -0.05) is 131 Å². The molecule has 0 saturated carbocycles. The molecule has 290 valence electrons. The van der Waals surface area contributed by atoms with Gasteiger partial charge in [0.15, 0.2) is 0 Å². The number of carbonyl (C=O) groups excluding carboxylic acids is 4. The molecule has 2 rings (SSSR count). The number of hydrogen-bond donors (Lipinski definition) is 0. The van der Waals surface area contributed by atoms with Crippen molar-refractivity contribution in [2.45, 2.75) is 144 Å². The van der Waals surface area contributed by atoms with E-state index in [1.54, 1.807) is 36.4 Å². The quantitative estimate of drug-likeness (QED) is 0.0510. The Bertz CT molecular complexity index is 1260. The number of carbonyl (C=O) groups is 4. The summed E-state index contributed by atoms with van der Waals surface area (Å²) in [5, 5.41) is 0. The van der Waals surface area contributed by atoms with Gasteiger partial charge in [0.1, 0.15) is 0 Å². The Hall–Kier alpha value is -3.68. The van der Waals surface area contributed by atoms with E-state index in [4.69, 9.17) is 18.9 Å². The number of esters is 4. The third-order valence-corrected chi connectivity index (χ3v) is 9.31. The molecule has 0 aliphatic rings. The molecule has 2 aromatic rings. The normalized spacial score (nSPS) is 12.2. The molecule has 0 bridgehead atoms. The topological polar surface area (TPSA) is 105 Å². The van der Waals surface area contributed by atoms with Crippen molar-refractivity contribution in [3.05, 3.63) is 58.7 Å². The smallest absolute Gasteiger partial charge is 0.339 e. The van der Waals surface area contributed by atoms with Gasteiger partial charge in [-0.3, -0.25) is 0 Å². The van der Waals surface area contributed by atoms with Gasteiger partial charge in [0, 0.05) is 0 Å². The third kappa shape index (κ3) is 16.3. The van der Waals surface area contributed by atoms with Crippen LogP contribution in [0.1, 0.15) is 186 Å². The molecule has 0 spiro atoms. The molecule has 0 N–H and O–H groups in total. The van der Waals surface area contributed by atoms with E-state index in [2.05, 4.69) is 27.7 Å². The molecule has 2 aromatic carbocycles. The Balaban J connectivity index is 2.43. The van der Waals surface area contributed by atoms with Crippen LogP contribution in [0, 0.1) is 11.8 Å². The van der Waals surface area contributed by atoms with Crippen LogP contribution in [0.3, 0.4) is 0 Å². The van der Waals surface area contributed by atoms with E-state index in [1.165, 1.54) is 0 Å². The summed E-state index contributed by atoms with van der Waals surface area (Å²) in [5.41, 5.74) is 1.59. The zero-order chi connectivity index (χ0) is 38.1. The van der Waals surface area contributed by atoms with E-state index in [0.717, 1.165) is 103 Å². The van der Waals surface area contributed by atoms with E-state index in [9.17, 15) is 19.2 Å². The van der Waals surface area contributed by atoms with Crippen molar-refractivity contribution in [2.24, 2.45) is 11.8 Å². The van der Waals surface area contributed by atoms with Crippen molar-refractivity contribution < 1.29 is 38.1 Å². The molecule has 0 amide bonds. The molecule has 2 unspecified atom stereocenters. The first-order valence-electron chi connectivity index (χ1n) is 20.1. The molecule has 0 radical (unpaired) electrons. The van der Waals surface area contributed by atoms with Crippen LogP contribution in [0.25, 0.3) is 11.1 Å². The van der Waals surface area contributed by atoms with Gasteiger partial charge in [-0.25, -0.2) is 19.2 Å². The second-order valence-electron chi connectivity index (χ2n) is 14.3. The molecule has 52 heavy (non-hydrogen) atoms. The van der Waals surface area contributed by atoms with Crippen molar-refractivity contribution in [3.8, 4) is 11.1 Å². The highest BCUT2D eigenvalue weighted by Crippen LogP contribution is 2.28. The van der Waals surface area contributed by atoms with Gasteiger partial charge in [-0.15, -0.1) is 0 Å². The molecule has 0 saturated heterocycles. The molecule has 0 aliphatic carbocycles. The highest BCUT2D eigenvalue weighted by molar-refractivity contribution is 6.06. The first kappa shape index (κ1) is 44.5. The Labute approximate surface area is 313 Å². The van der Waals surface area contributed by atoms with Crippen LogP contribution in [0.4, 0.5) is 0 Å². The summed E-state index contributed by atoms with van der Waals surface area (Å²) in [6.07, 6.45) is 16.1. The lowest BCUT2D eigenvalue weighted by molar-refractivity contribution is 0.0414. The molecule has 2 atom stereocenters. The van der Waals surface area contributed by atoms with E-state index < -0.39 is 23.9 Å². The Kier molecular flexibility index (Phi) is 22.4. The zero-order valence-electron chi connectivity index (χ0n) is 33.0. The summed E-state index contributed by atoms with van der Waals surface area (Å²) in [4.78, 5) is 53.6. The van der Waals surface area contributed by atoms with Gasteiger partial charge in [-0.2, -0.15) is 0 Å². The number of benzene rings is 2. The summed E-state index contributed by atoms with van der Waals surface area (Å²) < 4.78 is 22.6. The number of rotatable bonds is 27. The van der Waals surface area contributed by atoms with Crippen molar-refractivity contribution in [3.63, 3.8) is 0 Å². The minimum atomic E-state index is -0.608. The van der Waals surface area contributed by atoms with E-state index in [1.807, 2.05) is 13.8 Å². The summed E-state index contributed by atoms with van der Waals surface area (Å²) >= 11 is 0. The number of ether oxygens (including phenoxy) is 4. The van der Waals surface area contributed by atoms with Gasteiger partial charge in [0.25, 0.3) is 0 Å². The molecule has 0 aromatic heterocycles. The first-order valence-corrected chi connectivity index (χ1v) is 20.1. The summed E-state index contributed by atoms with van der Waals surface area (Å²) in [6, 6.07) is 9.76. The van der Waals surface area contributed by atoms with Crippen molar-refractivity contribution >= 4 is 23.9 Å². The van der Waals surface area contributed by atoms with Crippen LogP contribution >= 0.6 is 0 Å². The minimum absolute atomic E-state index is 0.0954. The van der Waals surface area contributed by atoms with Crippen molar-refractivity contribution in [2.75, 3.05) is 26.4 Å². The summed E-state index contributed by atoms with van der Waals surface area (Å²) in [7, 11) is 0. The van der Waals surface area contributed by atoms with Crippen LogP contribution in [0.15, 0.2) is 36.4 Å². The molecule has 0 heterocycles. The lowest BCUT2D eigenvalue weighted by Gasteiger charge is -2.16. The standard InChI is InChI=1S/C44H66O8/c1-7-11-15-17-19-27-49-43(47)39-29-35(23-25-37(39)41(45)51-31-33(5)21-13-9-3)36-24-26-38(42(46)52-32-34(6)22-14-10-4)40(30-36)44(48)50-28-20-18-16-12-8-2/h23-26,29-30,33-34H,7-22,27-28,31-32H2,1-6H3. The minimum Gasteiger partial charge on any atom is -0.462 e. The Morgan fingerprint density at radius 2 is 0.788 bits per heavy atom. The van der Waals surface area contributed by atoms with E-state index in [0.29, 0.717) is 11.1 Å². The predicted molar refractivity (Wildman–Crippen MR) is 208 cm³/mol. The Morgan fingerprint density at radius 3 is 1.15 bits per heavy atom. The van der Waals surface area contributed by atoms with Crippen LogP contribution in [0.5, 0.6) is 0 Å². The van der Waals surface area contributed by atoms with Crippen LogP contribution in [-0.2, 0) is 18.9 Å². The lowest BCUT2D eigenvalue weighted by atomic mass is 9.95. The van der Waals surface area contributed by atoms with Crippen molar-refractivity contribution in [1.82, 2.24) is 0 Å². The predicted octanol–water partition coefficient (Wildman–Crippen LogP) is 11.6. The number of hydrogen-bond acceptors (Lipinski definition) is 8. The van der Waals surface area contributed by atoms with Gasteiger partial charge < -0.3 is 18.9 Å². The van der Waals surface area contributed by atoms with Gasteiger partial charge in [-0.05, 0) is 72.9 Å². The molecular formula is C44H66O8. The molecule has 8 nitrogen and oxygen atoms in total. The maximum atomic E-state index is 13.5.